The Hall–Kier alpha value is -3.59. The Kier molecular flexibility index (Phi) is 7.64. The van der Waals surface area contributed by atoms with Crippen LogP contribution in [-0.4, -0.2) is 72.4 Å². The monoisotopic (exact) mass is 560 g/mol. The number of nitrogens with zero attached hydrogens (tertiary/aromatic N) is 2. The topological polar surface area (TPSA) is 108 Å². The fourth-order valence-corrected chi connectivity index (χ4v) is 7.26. The zero-order valence-corrected chi connectivity index (χ0v) is 24.0. The standard InChI is InChI=1S/C32H40N4O5/c1-32-25(31(39)35-13-4-3-5-14-35)18-22(20-28(37)33-12-7-16-40-2)30(38)36(32)15-11-24-23-10-9-21(27-8-6-17-41-27)19-26(23)34-29(24)32/h6,8-10,17,19,22,25,34H,3-5,7,11-16,18,20H2,1-2H3,(H,33,37)/t22-,25-,32+/m1/s1. The van der Waals surface area contributed by atoms with Crippen LogP contribution in [0.4, 0.5) is 0 Å². The molecule has 2 N–H and O–H groups in total. The van der Waals surface area contributed by atoms with Crippen molar-refractivity contribution in [2.45, 2.75) is 57.4 Å². The number of benzene rings is 1. The highest BCUT2D eigenvalue weighted by Crippen LogP contribution is 2.50. The number of amides is 3. The van der Waals surface area contributed by atoms with E-state index in [1.807, 2.05) is 21.9 Å². The largest absolute Gasteiger partial charge is 0.464 e. The Bertz CT molecular complexity index is 1420. The van der Waals surface area contributed by atoms with Crippen molar-refractivity contribution in [3.8, 4) is 11.3 Å². The summed E-state index contributed by atoms with van der Waals surface area (Å²) in [5.41, 5.74) is 3.24. The van der Waals surface area contributed by atoms with E-state index >= 15 is 0 Å². The van der Waals surface area contributed by atoms with Gasteiger partial charge >= 0.3 is 0 Å². The van der Waals surface area contributed by atoms with Gasteiger partial charge in [-0.2, -0.15) is 0 Å². The quantitative estimate of drug-likeness (QED) is 0.401. The molecule has 0 radical (unpaired) electrons. The van der Waals surface area contributed by atoms with Crippen molar-refractivity contribution in [1.82, 2.24) is 20.1 Å². The molecule has 9 nitrogen and oxygen atoms in total. The average Bonchev–Trinajstić information content (AvgIpc) is 3.66. The fourth-order valence-electron chi connectivity index (χ4n) is 7.26. The molecule has 2 saturated heterocycles. The van der Waals surface area contributed by atoms with Crippen molar-refractivity contribution in [2.75, 3.05) is 39.9 Å². The van der Waals surface area contributed by atoms with Crippen LogP contribution >= 0.6 is 0 Å². The van der Waals surface area contributed by atoms with Gasteiger partial charge < -0.3 is 29.3 Å². The molecule has 2 aromatic heterocycles. The Morgan fingerprint density at radius 1 is 1.17 bits per heavy atom. The summed E-state index contributed by atoms with van der Waals surface area (Å²) >= 11 is 0. The molecule has 6 rings (SSSR count). The molecule has 3 aliphatic heterocycles. The number of likely N-dealkylation sites (tertiary alicyclic amines) is 1. The summed E-state index contributed by atoms with van der Waals surface area (Å²) in [4.78, 5) is 48.7. The van der Waals surface area contributed by atoms with Crippen LogP contribution in [-0.2, 0) is 31.1 Å². The molecule has 0 aliphatic carbocycles. The lowest BCUT2D eigenvalue weighted by atomic mass is 9.67. The third-order valence-corrected chi connectivity index (χ3v) is 9.42. The summed E-state index contributed by atoms with van der Waals surface area (Å²) in [5, 5.41) is 4.04. The molecular weight excluding hydrogens is 520 g/mol. The molecule has 0 spiro atoms. The number of H-pyrrole nitrogens is 1. The van der Waals surface area contributed by atoms with Crippen LogP contribution < -0.4 is 5.32 Å². The number of hydrogen-bond donors (Lipinski definition) is 2. The second kappa shape index (κ2) is 11.4. The zero-order valence-electron chi connectivity index (χ0n) is 24.0. The molecule has 0 saturated carbocycles. The van der Waals surface area contributed by atoms with Gasteiger partial charge in [0.05, 0.1) is 17.7 Å². The number of piperidine rings is 2. The first-order chi connectivity index (χ1) is 19.9. The molecule has 3 amide bonds. The lowest BCUT2D eigenvalue weighted by Crippen LogP contribution is -2.64. The van der Waals surface area contributed by atoms with E-state index in [0.29, 0.717) is 39.0 Å². The summed E-state index contributed by atoms with van der Waals surface area (Å²) in [7, 11) is 1.63. The Morgan fingerprint density at radius 2 is 2.00 bits per heavy atom. The van der Waals surface area contributed by atoms with Crippen LogP contribution in [0.2, 0.25) is 0 Å². The number of fused-ring (bicyclic) bond motifs is 5. The first-order valence-electron chi connectivity index (χ1n) is 15.0. The lowest BCUT2D eigenvalue weighted by Gasteiger charge is -2.54. The highest BCUT2D eigenvalue weighted by Gasteiger charge is 2.57. The maximum atomic E-state index is 14.3. The number of hydrogen-bond acceptors (Lipinski definition) is 5. The van der Waals surface area contributed by atoms with Crippen LogP contribution in [0.1, 0.15) is 56.7 Å². The Labute approximate surface area is 240 Å². The third-order valence-electron chi connectivity index (χ3n) is 9.42. The fraction of sp³-hybridized carbons (Fsp3) is 0.531. The number of ether oxygens (including phenoxy) is 1. The summed E-state index contributed by atoms with van der Waals surface area (Å²) in [6.07, 6.45) is 6.65. The van der Waals surface area contributed by atoms with Crippen molar-refractivity contribution < 1.29 is 23.5 Å². The minimum absolute atomic E-state index is 0.0391. The normalized spacial score (nSPS) is 24.3. The molecule has 41 heavy (non-hydrogen) atoms. The summed E-state index contributed by atoms with van der Waals surface area (Å²) in [6, 6.07) is 10.1. The van der Waals surface area contributed by atoms with Crippen molar-refractivity contribution in [3.05, 3.63) is 47.9 Å². The predicted octanol–water partition coefficient (Wildman–Crippen LogP) is 4.22. The number of aromatic nitrogens is 1. The number of methoxy groups -OCH3 is 1. The van der Waals surface area contributed by atoms with Crippen molar-refractivity contribution in [1.29, 1.82) is 0 Å². The van der Waals surface area contributed by atoms with E-state index in [1.54, 1.807) is 13.4 Å². The van der Waals surface area contributed by atoms with E-state index in [0.717, 1.165) is 60.3 Å². The number of aromatic amines is 1. The highest BCUT2D eigenvalue weighted by molar-refractivity contribution is 5.93. The van der Waals surface area contributed by atoms with Crippen LogP contribution in [0.15, 0.2) is 41.0 Å². The van der Waals surface area contributed by atoms with Crippen molar-refractivity contribution in [2.24, 2.45) is 11.8 Å². The van der Waals surface area contributed by atoms with E-state index < -0.39 is 17.4 Å². The van der Waals surface area contributed by atoms with Gasteiger partial charge in [0, 0.05) is 74.4 Å². The molecule has 0 bridgehead atoms. The predicted molar refractivity (Wildman–Crippen MR) is 155 cm³/mol. The van der Waals surface area contributed by atoms with Crippen LogP contribution in [0.5, 0.6) is 0 Å². The maximum absolute atomic E-state index is 14.3. The van der Waals surface area contributed by atoms with Gasteiger partial charge in [0.15, 0.2) is 0 Å². The Morgan fingerprint density at radius 3 is 2.76 bits per heavy atom. The summed E-state index contributed by atoms with van der Waals surface area (Å²) < 4.78 is 10.7. The molecule has 2 fully saturated rings. The van der Waals surface area contributed by atoms with Crippen LogP contribution in [0, 0.1) is 11.8 Å². The van der Waals surface area contributed by atoms with Gasteiger partial charge in [-0.3, -0.25) is 14.4 Å². The first-order valence-corrected chi connectivity index (χ1v) is 15.0. The molecule has 0 unspecified atom stereocenters. The zero-order chi connectivity index (χ0) is 28.6. The molecule has 9 heteroatoms. The number of carbonyl (C=O) groups excluding carboxylic acids is 3. The highest BCUT2D eigenvalue weighted by atomic mass is 16.5. The molecule has 1 aromatic carbocycles. The van der Waals surface area contributed by atoms with Crippen LogP contribution in [0.3, 0.4) is 0 Å². The van der Waals surface area contributed by atoms with E-state index in [-0.39, 0.29) is 24.1 Å². The molecule has 5 heterocycles. The number of rotatable bonds is 8. The lowest BCUT2D eigenvalue weighted by molar-refractivity contribution is -0.164. The number of nitrogens with one attached hydrogen (secondary N) is 2. The molecule has 3 atom stereocenters. The number of furan rings is 1. The van der Waals surface area contributed by atoms with Crippen LogP contribution in [0.25, 0.3) is 22.2 Å². The van der Waals surface area contributed by atoms with E-state index in [1.165, 1.54) is 5.56 Å². The van der Waals surface area contributed by atoms with Crippen molar-refractivity contribution >= 4 is 28.6 Å². The average molecular weight is 561 g/mol. The van der Waals surface area contributed by atoms with E-state index in [4.69, 9.17) is 9.15 Å². The molecule has 3 aromatic rings. The van der Waals surface area contributed by atoms with Gasteiger partial charge in [-0.15, -0.1) is 0 Å². The first kappa shape index (κ1) is 27.6. The molecule has 3 aliphatic rings. The van der Waals surface area contributed by atoms with E-state index in [9.17, 15) is 14.4 Å². The maximum Gasteiger partial charge on any atom is 0.228 e. The van der Waals surface area contributed by atoms with Gasteiger partial charge in [-0.05, 0) is 69.2 Å². The second-order valence-corrected chi connectivity index (χ2v) is 11.9. The molecule has 218 valence electrons. The van der Waals surface area contributed by atoms with Gasteiger partial charge in [0.2, 0.25) is 17.7 Å². The van der Waals surface area contributed by atoms with Crippen molar-refractivity contribution in [3.63, 3.8) is 0 Å². The van der Waals surface area contributed by atoms with Gasteiger partial charge in [-0.25, -0.2) is 0 Å². The minimum Gasteiger partial charge on any atom is -0.464 e. The minimum atomic E-state index is -0.825. The SMILES string of the molecule is COCCCNC(=O)C[C@H]1C[C@H](C(=O)N2CCCCC2)[C@@]2(C)c3[nH]c4cc(-c5ccco5)ccc4c3CCN2C1=O. The van der Waals surface area contributed by atoms with Gasteiger partial charge in [0.25, 0.3) is 0 Å². The Balaban J connectivity index is 1.35. The summed E-state index contributed by atoms with van der Waals surface area (Å²) in [6.45, 7) is 5.14. The molecular formula is C32H40N4O5. The summed E-state index contributed by atoms with van der Waals surface area (Å²) in [5.74, 6) is -0.273. The second-order valence-electron chi connectivity index (χ2n) is 11.9. The smallest absolute Gasteiger partial charge is 0.228 e. The van der Waals surface area contributed by atoms with Gasteiger partial charge in [-0.1, -0.05) is 12.1 Å². The third kappa shape index (κ3) is 4.94. The van der Waals surface area contributed by atoms with Gasteiger partial charge in [0.1, 0.15) is 5.76 Å². The number of carbonyl (C=O) groups is 3. The van der Waals surface area contributed by atoms with E-state index in [2.05, 4.69) is 35.4 Å².